The van der Waals surface area contributed by atoms with Gasteiger partial charge in [-0.15, -0.1) is 0 Å². The molecule has 3 atom stereocenters. The average Bonchev–Trinajstić information content (AvgIpc) is 2.90. The van der Waals surface area contributed by atoms with Gasteiger partial charge in [-0.3, -0.25) is 14.5 Å². The second kappa shape index (κ2) is 12.9. The van der Waals surface area contributed by atoms with Crippen molar-refractivity contribution in [2.75, 3.05) is 4.90 Å². The molecule has 0 radical (unpaired) electrons. The Bertz CT molecular complexity index is 1080. The van der Waals surface area contributed by atoms with Gasteiger partial charge >= 0.3 is 6.09 Å². The standard InChI is InChI=1S/C28H34ClN3O5/c29-21-11-7-10-20(16-21)18-37-28(36)31-24(17-19-8-3-1-4-9-19)26(34)30-23-14-15-25(33)32(27(23)35)22-12-5-2-6-13-22/h2,5-7,10-13,16,19,23-24,27,35H,1,3-4,8-9,14-15,17-18H2,(H,30,34)(H,31,36)/t23-,24-,27?/m1/s1. The molecular formula is C28H34ClN3O5. The lowest BCUT2D eigenvalue weighted by atomic mass is 9.84. The van der Waals surface area contributed by atoms with E-state index in [0.717, 1.165) is 31.2 Å². The van der Waals surface area contributed by atoms with Gasteiger partial charge in [-0.2, -0.15) is 0 Å². The highest BCUT2D eigenvalue weighted by Crippen LogP contribution is 2.28. The number of halogens is 1. The third kappa shape index (κ3) is 7.46. The molecule has 1 aliphatic carbocycles. The maximum absolute atomic E-state index is 13.4. The molecule has 9 heteroatoms. The van der Waals surface area contributed by atoms with E-state index in [1.807, 2.05) is 6.07 Å². The minimum absolute atomic E-state index is 0.0274. The summed E-state index contributed by atoms with van der Waals surface area (Å²) >= 11 is 6.00. The van der Waals surface area contributed by atoms with Gasteiger partial charge in [0.1, 0.15) is 12.6 Å². The Balaban J connectivity index is 1.41. The van der Waals surface area contributed by atoms with Crippen LogP contribution < -0.4 is 15.5 Å². The lowest BCUT2D eigenvalue weighted by Crippen LogP contribution is -2.60. The van der Waals surface area contributed by atoms with Gasteiger partial charge in [0.2, 0.25) is 11.8 Å². The fourth-order valence-electron chi connectivity index (χ4n) is 5.14. The maximum Gasteiger partial charge on any atom is 0.408 e. The van der Waals surface area contributed by atoms with E-state index in [1.54, 1.807) is 48.5 Å². The monoisotopic (exact) mass is 527 g/mol. The van der Waals surface area contributed by atoms with Gasteiger partial charge in [0.25, 0.3) is 0 Å². The largest absolute Gasteiger partial charge is 0.445 e. The number of aliphatic hydroxyl groups is 1. The van der Waals surface area contributed by atoms with Crippen LogP contribution in [-0.2, 0) is 20.9 Å². The fourth-order valence-corrected chi connectivity index (χ4v) is 5.35. The molecule has 0 spiro atoms. The Hall–Kier alpha value is -3.10. The number of hydrogen-bond acceptors (Lipinski definition) is 5. The number of amides is 3. The van der Waals surface area contributed by atoms with Gasteiger partial charge in [-0.1, -0.05) is 74.0 Å². The number of rotatable bonds is 8. The second-order valence-corrected chi connectivity index (χ2v) is 10.2. The van der Waals surface area contributed by atoms with Crippen molar-refractivity contribution < 1.29 is 24.2 Å². The molecule has 2 aliphatic rings. The zero-order valence-electron chi connectivity index (χ0n) is 20.8. The number of carbonyl (C=O) groups is 3. The number of piperidine rings is 1. The van der Waals surface area contributed by atoms with Crippen LogP contribution in [0.3, 0.4) is 0 Å². The van der Waals surface area contributed by atoms with E-state index in [9.17, 15) is 19.5 Å². The number of nitrogens with one attached hydrogen (secondary N) is 2. The molecule has 2 aromatic carbocycles. The van der Waals surface area contributed by atoms with Crippen molar-refractivity contribution in [2.45, 2.75) is 76.3 Å². The smallest absolute Gasteiger partial charge is 0.408 e. The van der Waals surface area contributed by atoms with Crippen LogP contribution in [0, 0.1) is 5.92 Å². The average molecular weight is 528 g/mol. The summed E-state index contributed by atoms with van der Waals surface area (Å²) in [6.45, 7) is 0.0274. The molecule has 0 bridgehead atoms. The number of para-hydroxylation sites is 1. The van der Waals surface area contributed by atoms with Crippen molar-refractivity contribution in [1.29, 1.82) is 0 Å². The fraction of sp³-hybridized carbons (Fsp3) is 0.464. The van der Waals surface area contributed by atoms with E-state index < -0.39 is 30.3 Å². The molecule has 4 rings (SSSR count). The van der Waals surface area contributed by atoms with Gasteiger partial charge in [0.05, 0.1) is 6.04 Å². The van der Waals surface area contributed by atoms with E-state index >= 15 is 0 Å². The molecule has 1 unspecified atom stereocenters. The number of nitrogens with zero attached hydrogens (tertiary/aromatic N) is 1. The van der Waals surface area contributed by atoms with Crippen LogP contribution in [0.1, 0.15) is 56.9 Å². The normalized spacial score (nSPS) is 21.2. The molecule has 198 valence electrons. The van der Waals surface area contributed by atoms with Crippen LogP contribution in [0.4, 0.5) is 10.5 Å². The summed E-state index contributed by atoms with van der Waals surface area (Å²) in [6.07, 6.45) is 4.49. The molecule has 1 aliphatic heterocycles. The number of ether oxygens (including phenoxy) is 1. The molecule has 3 N–H and O–H groups in total. The highest BCUT2D eigenvalue weighted by Gasteiger charge is 2.38. The first-order valence-corrected chi connectivity index (χ1v) is 13.3. The van der Waals surface area contributed by atoms with Crippen LogP contribution in [0.25, 0.3) is 0 Å². The minimum atomic E-state index is -1.21. The summed E-state index contributed by atoms with van der Waals surface area (Å²) in [6, 6.07) is 14.4. The van der Waals surface area contributed by atoms with Crippen molar-refractivity contribution in [1.82, 2.24) is 10.6 Å². The van der Waals surface area contributed by atoms with E-state index in [1.165, 1.54) is 11.3 Å². The van der Waals surface area contributed by atoms with Gasteiger partial charge in [-0.25, -0.2) is 4.79 Å². The first kappa shape index (κ1) is 26.9. The number of anilines is 1. The third-order valence-corrected chi connectivity index (χ3v) is 7.32. The SMILES string of the molecule is O=C(N[C@H](CC1CCCCC1)C(=O)N[C@@H]1CCC(=O)N(c2ccccc2)C1O)OCc1cccc(Cl)c1. The lowest BCUT2D eigenvalue weighted by molar-refractivity contribution is -0.129. The first-order chi connectivity index (χ1) is 17.9. The Morgan fingerprint density at radius 3 is 2.54 bits per heavy atom. The number of alkyl carbamates (subject to hydrolysis) is 1. The van der Waals surface area contributed by atoms with E-state index in [4.69, 9.17) is 16.3 Å². The van der Waals surface area contributed by atoms with Crippen molar-refractivity contribution >= 4 is 35.2 Å². The van der Waals surface area contributed by atoms with Crippen LogP contribution in [-0.4, -0.2) is 41.3 Å². The van der Waals surface area contributed by atoms with Crippen molar-refractivity contribution in [2.24, 2.45) is 5.92 Å². The van der Waals surface area contributed by atoms with Gasteiger partial charge in [0, 0.05) is 17.1 Å². The highest BCUT2D eigenvalue weighted by atomic mass is 35.5. The Labute approximate surface area is 222 Å². The summed E-state index contributed by atoms with van der Waals surface area (Å²) in [7, 11) is 0. The number of carbonyl (C=O) groups excluding carboxylic acids is 3. The number of benzene rings is 2. The zero-order valence-corrected chi connectivity index (χ0v) is 21.5. The third-order valence-electron chi connectivity index (χ3n) is 7.09. The summed E-state index contributed by atoms with van der Waals surface area (Å²) < 4.78 is 5.36. The first-order valence-electron chi connectivity index (χ1n) is 12.9. The molecule has 2 fully saturated rings. The summed E-state index contributed by atoms with van der Waals surface area (Å²) in [4.78, 5) is 39.9. The van der Waals surface area contributed by atoms with Gasteiger partial charge in [0.15, 0.2) is 6.23 Å². The molecule has 1 saturated heterocycles. The van der Waals surface area contributed by atoms with E-state index in [-0.39, 0.29) is 18.9 Å². The molecule has 8 nitrogen and oxygen atoms in total. The molecule has 2 aromatic rings. The van der Waals surface area contributed by atoms with Crippen LogP contribution in [0.5, 0.6) is 0 Å². The number of aliphatic hydroxyl groups excluding tert-OH is 1. The van der Waals surface area contributed by atoms with Crippen LogP contribution in [0.15, 0.2) is 54.6 Å². The summed E-state index contributed by atoms with van der Waals surface area (Å²) in [5.41, 5.74) is 1.31. The van der Waals surface area contributed by atoms with Crippen LogP contribution >= 0.6 is 11.6 Å². The molecule has 37 heavy (non-hydrogen) atoms. The highest BCUT2D eigenvalue weighted by molar-refractivity contribution is 6.30. The second-order valence-electron chi connectivity index (χ2n) is 9.81. The van der Waals surface area contributed by atoms with Crippen molar-refractivity contribution in [3.8, 4) is 0 Å². The lowest BCUT2D eigenvalue weighted by Gasteiger charge is -2.38. The summed E-state index contributed by atoms with van der Waals surface area (Å²) in [5, 5.41) is 17.2. The quantitative estimate of drug-likeness (QED) is 0.467. The predicted octanol–water partition coefficient (Wildman–Crippen LogP) is 4.54. The maximum atomic E-state index is 13.4. The van der Waals surface area contributed by atoms with Crippen molar-refractivity contribution in [3.05, 3.63) is 65.2 Å². The Morgan fingerprint density at radius 1 is 1.05 bits per heavy atom. The summed E-state index contributed by atoms with van der Waals surface area (Å²) in [5.74, 6) is -0.279. The minimum Gasteiger partial charge on any atom is -0.445 e. The van der Waals surface area contributed by atoms with Crippen molar-refractivity contribution in [3.63, 3.8) is 0 Å². The zero-order chi connectivity index (χ0) is 26.2. The molecule has 1 heterocycles. The van der Waals surface area contributed by atoms with Crippen LogP contribution in [0.2, 0.25) is 5.02 Å². The van der Waals surface area contributed by atoms with E-state index in [0.29, 0.717) is 29.5 Å². The van der Waals surface area contributed by atoms with Gasteiger partial charge < -0.3 is 20.5 Å². The van der Waals surface area contributed by atoms with E-state index in [2.05, 4.69) is 10.6 Å². The molecule has 0 aromatic heterocycles. The number of hydrogen-bond donors (Lipinski definition) is 3. The topological polar surface area (TPSA) is 108 Å². The van der Waals surface area contributed by atoms with Gasteiger partial charge in [-0.05, 0) is 48.6 Å². The molecular weight excluding hydrogens is 494 g/mol. The Morgan fingerprint density at radius 2 is 1.81 bits per heavy atom. The predicted molar refractivity (Wildman–Crippen MR) is 141 cm³/mol. The Kier molecular flexibility index (Phi) is 9.41. The molecule has 3 amide bonds. The molecule has 1 saturated carbocycles.